The molecule has 0 bridgehead atoms. The number of aliphatic hydroxyl groups is 1. The normalized spacial score (nSPS) is 17.6. The number of ether oxygens (including phenoxy) is 2. The van der Waals surface area contributed by atoms with E-state index in [9.17, 15) is 0 Å². The highest BCUT2D eigenvalue weighted by atomic mass is 16.5. The van der Waals surface area contributed by atoms with E-state index >= 15 is 0 Å². The van der Waals surface area contributed by atoms with Crippen LogP contribution >= 0.6 is 0 Å². The van der Waals surface area contributed by atoms with Gasteiger partial charge in [-0.15, -0.1) is 0 Å². The zero-order chi connectivity index (χ0) is 21.7. The molecule has 2 aliphatic heterocycles. The Balaban J connectivity index is 1.44. The maximum Gasteiger partial charge on any atom is 0.0718 e. The standard InChI is InChI=1S/C25H35N3O3/c1-25(2)21-5-3-20(18-31-14-13-30-12-11-29)16-24(21)27-23-6-4-19(15-22(23)25)17-28-9-7-26-8-10-28/h3-6,15-16,26-27,29H,7-14,17-18H2,1-2H3. The van der Waals surface area contributed by atoms with Gasteiger partial charge in [0, 0.05) is 49.5 Å². The van der Waals surface area contributed by atoms with E-state index in [4.69, 9.17) is 14.6 Å². The number of piperazine rings is 1. The number of anilines is 2. The number of nitrogens with zero attached hydrogens (tertiary/aromatic N) is 1. The highest BCUT2D eigenvalue weighted by molar-refractivity contribution is 5.76. The quantitative estimate of drug-likeness (QED) is 0.537. The van der Waals surface area contributed by atoms with Crippen LogP contribution in [0.25, 0.3) is 0 Å². The maximum absolute atomic E-state index is 8.74. The van der Waals surface area contributed by atoms with Crippen LogP contribution in [-0.4, -0.2) is 62.6 Å². The minimum Gasteiger partial charge on any atom is -0.394 e. The van der Waals surface area contributed by atoms with Crippen LogP contribution in [0.15, 0.2) is 36.4 Å². The summed E-state index contributed by atoms with van der Waals surface area (Å²) in [4.78, 5) is 2.52. The van der Waals surface area contributed by atoms with Crippen LogP contribution in [0.2, 0.25) is 0 Å². The Morgan fingerprint density at radius 1 is 0.903 bits per heavy atom. The van der Waals surface area contributed by atoms with E-state index in [1.54, 1.807) is 0 Å². The molecule has 6 heteroatoms. The van der Waals surface area contributed by atoms with Gasteiger partial charge in [0.15, 0.2) is 0 Å². The van der Waals surface area contributed by atoms with Crippen molar-refractivity contribution in [3.63, 3.8) is 0 Å². The summed E-state index contributed by atoms with van der Waals surface area (Å²) >= 11 is 0. The summed E-state index contributed by atoms with van der Waals surface area (Å²) in [6.07, 6.45) is 0. The van der Waals surface area contributed by atoms with Gasteiger partial charge in [-0.25, -0.2) is 0 Å². The Labute approximate surface area is 185 Å². The lowest BCUT2D eigenvalue weighted by Gasteiger charge is -2.36. The van der Waals surface area contributed by atoms with Crippen LogP contribution < -0.4 is 10.6 Å². The van der Waals surface area contributed by atoms with Gasteiger partial charge < -0.3 is 25.2 Å². The smallest absolute Gasteiger partial charge is 0.0718 e. The van der Waals surface area contributed by atoms with Gasteiger partial charge in [0.2, 0.25) is 0 Å². The molecule has 31 heavy (non-hydrogen) atoms. The van der Waals surface area contributed by atoms with Crippen LogP contribution in [0.3, 0.4) is 0 Å². The third-order valence-electron chi connectivity index (χ3n) is 6.28. The molecule has 0 aromatic heterocycles. The van der Waals surface area contributed by atoms with Crippen LogP contribution in [0.1, 0.15) is 36.1 Å². The van der Waals surface area contributed by atoms with E-state index < -0.39 is 0 Å². The molecule has 0 saturated carbocycles. The molecular weight excluding hydrogens is 390 g/mol. The predicted molar refractivity (Wildman–Crippen MR) is 124 cm³/mol. The Morgan fingerprint density at radius 2 is 1.68 bits per heavy atom. The molecule has 1 fully saturated rings. The summed E-state index contributed by atoms with van der Waals surface area (Å²) in [5.74, 6) is 0. The number of hydrogen-bond acceptors (Lipinski definition) is 6. The molecule has 6 nitrogen and oxygen atoms in total. The van der Waals surface area contributed by atoms with Gasteiger partial charge in [-0.05, 0) is 34.4 Å². The van der Waals surface area contributed by atoms with Crippen molar-refractivity contribution in [2.24, 2.45) is 0 Å². The number of rotatable bonds is 9. The van der Waals surface area contributed by atoms with E-state index in [0.29, 0.717) is 26.4 Å². The van der Waals surface area contributed by atoms with Gasteiger partial charge in [-0.3, -0.25) is 4.90 Å². The molecule has 0 unspecified atom stereocenters. The second-order valence-electron chi connectivity index (χ2n) is 8.92. The molecule has 0 atom stereocenters. The largest absolute Gasteiger partial charge is 0.394 e. The second-order valence-corrected chi connectivity index (χ2v) is 8.92. The van der Waals surface area contributed by atoms with Crippen molar-refractivity contribution in [3.8, 4) is 0 Å². The summed E-state index contributed by atoms with van der Waals surface area (Å²) in [7, 11) is 0. The van der Waals surface area contributed by atoms with E-state index in [-0.39, 0.29) is 12.0 Å². The monoisotopic (exact) mass is 425 g/mol. The minimum atomic E-state index is -0.0626. The number of benzene rings is 2. The third-order valence-corrected chi connectivity index (χ3v) is 6.28. The highest BCUT2D eigenvalue weighted by Crippen LogP contribution is 2.45. The predicted octanol–water partition coefficient (Wildman–Crippen LogP) is 3.00. The Morgan fingerprint density at radius 3 is 2.48 bits per heavy atom. The van der Waals surface area contributed by atoms with Crippen molar-refractivity contribution in [3.05, 3.63) is 58.7 Å². The van der Waals surface area contributed by atoms with Crippen LogP contribution in [0.5, 0.6) is 0 Å². The Kier molecular flexibility index (Phi) is 7.25. The zero-order valence-electron chi connectivity index (χ0n) is 18.7. The first-order chi connectivity index (χ1) is 15.1. The minimum absolute atomic E-state index is 0.0466. The lowest BCUT2D eigenvalue weighted by Crippen LogP contribution is -2.42. The summed E-state index contributed by atoms with van der Waals surface area (Å²) in [5, 5.41) is 15.8. The summed E-state index contributed by atoms with van der Waals surface area (Å²) in [6.45, 7) is 12.0. The lowest BCUT2D eigenvalue weighted by atomic mass is 9.73. The molecular formula is C25H35N3O3. The fourth-order valence-corrected chi connectivity index (χ4v) is 4.54. The average molecular weight is 426 g/mol. The van der Waals surface area contributed by atoms with Crippen molar-refractivity contribution in [1.29, 1.82) is 0 Å². The molecule has 2 aromatic rings. The molecule has 3 N–H and O–H groups in total. The third kappa shape index (κ3) is 5.27. The van der Waals surface area contributed by atoms with Crippen molar-refractivity contribution < 1.29 is 14.6 Å². The van der Waals surface area contributed by atoms with Gasteiger partial charge in [0.05, 0.1) is 33.0 Å². The number of fused-ring (bicyclic) bond motifs is 2. The zero-order valence-corrected chi connectivity index (χ0v) is 18.7. The first-order valence-corrected chi connectivity index (χ1v) is 11.3. The molecule has 1 saturated heterocycles. The Hall–Kier alpha value is -1.96. The van der Waals surface area contributed by atoms with Crippen molar-refractivity contribution in [2.75, 3.05) is 57.9 Å². The van der Waals surface area contributed by atoms with Crippen molar-refractivity contribution in [2.45, 2.75) is 32.4 Å². The maximum atomic E-state index is 8.74. The fourth-order valence-electron chi connectivity index (χ4n) is 4.54. The van der Waals surface area contributed by atoms with Gasteiger partial charge in [-0.1, -0.05) is 38.1 Å². The Bertz CT molecular complexity index is 878. The van der Waals surface area contributed by atoms with E-state index in [0.717, 1.165) is 44.0 Å². The number of aliphatic hydroxyl groups excluding tert-OH is 1. The molecule has 0 aliphatic carbocycles. The van der Waals surface area contributed by atoms with E-state index in [1.807, 2.05) is 0 Å². The van der Waals surface area contributed by atoms with Gasteiger partial charge >= 0.3 is 0 Å². The summed E-state index contributed by atoms with van der Waals surface area (Å²) in [5.41, 5.74) is 7.48. The van der Waals surface area contributed by atoms with Crippen LogP contribution in [-0.2, 0) is 28.0 Å². The molecule has 0 radical (unpaired) electrons. The van der Waals surface area contributed by atoms with E-state index in [2.05, 4.69) is 65.8 Å². The first kappa shape index (κ1) is 22.2. The highest BCUT2D eigenvalue weighted by Gasteiger charge is 2.33. The molecule has 0 amide bonds. The molecule has 0 spiro atoms. The molecule has 2 aromatic carbocycles. The van der Waals surface area contributed by atoms with Crippen molar-refractivity contribution in [1.82, 2.24) is 10.2 Å². The van der Waals surface area contributed by atoms with Gasteiger partial charge in [0.1, 0.15) is 0 Å². The topological polar surface area (TPSA) is 66.0 Å². The fraction of sp³-hybridized carbons (Fsp3) is 0.520. The van der Waals surface area contributed by atoms with Gasteiger partial charge in [-0.2, -0.15) is 0 Å². The molecule has 4 rings (SSSR count). The SMILES string of the molecule is CC1(C)c2ccc(COCCOCCO)cc2Nc2ccc(CN3CCNCC3)cc21. The molecule has 168 valence electrons. The lowest BCUT2D eigenvalue weighted by molar-refractivity contribution is 0.0274. The molecule has 2 heterocycles. The summed E-state index contributed by atoms with van der Waals surface area (Å²) < 4.78 is 11.0. The van der Waals surface area contributed by atoms with E-state index in [1.165, 1.54) is 22.4 Å². The first-order valence-electron chi connectivity index (χ1n) is 11.3. The van der Waals surface area contributed by atoms with Gasteiger partial charge in [0.25, 0.3) is 0 Å². The number of nitrogens with one attached hydrogen (secondary N) is 2. The van der Waals surface area contributed by atoms with Crippen LogP contribution in [0, 0.1) is 0 Å². The van der Waals surface area contributed by atoms with Crippen LogP contribution in [0.4, 0.5) is 11.4 Å². The summed E-state index contributed by atoms with van der Waals surface area (Å²) in [6, 6.07) is 13.5. The number of hydrogen-bond donors (Lipinski definition) is 3. The van der Waals surface area contributed by atoms with Crippen molar-refractivity contribution >= 4 is 11.4 Å². The second kappa shape index (κ2) is 10.1. The average Bonchev–Trinajstić information content (AvgIpc) is 2.77. The molecule has 2 aliphatic rings.